The number of nitrogens with one attached hydrogen (secondary N) is 1. The highest BCUT2D eigenvalue weighted by atomic mass is 35.5. The third kappa shape index (κ3) is 2.80. The van der Waals surface area contributed by atoms with E-state index in [1.807, 2.05) is 18.3 Å². The van der Waals surface area contributed by atoms with E-state index in [-0.39, 0.29) is 0 Å². The maximum Gasteiger partial charge on any atom is 0.0737 e. The second-order valence-electron chi connectivity index (χ2n) is 6.57. The first kappa shape index (κ1) is 14.3. The Kier molecular flexibility index (Phi) is 3.93. The van der Waals surface area contributed by atoms with Crippen LogP contribution in [0.1, 0.15) is 32.1 Å². The predicted octanol–water partition coefficient (Wildman–Crippen LogP) is 4.32. The van der Waals surface area contributed by atoms with Crippen molar-refractivity contribution >= 4 is 28.2 Å². The van der Waals surface area contributed by atoms with Gasteiger partial charge in [0.05, 0.1) is 5.52 Å². The van der Waals surface area contributed by atoms with E-state index in [4.69, 9.17) is 11.6 Å². The van der Waals surface area contributed by atoms with Gasteiger partial charge in [-0.15, -0.1) is 0 Å². The fraction of sp³-hybridized carbons (Fsp3) is 0.500. The molecule has 0 spiro atoms. The van der Waals surface area contributed by atoms with Crippen molar-refractivity contribution in [1.29, 1.82) is 0 Å². The Morgan fingerprint density at radius 3 is 3.05 bits per heavy atom. The maximum absolute atomic E-state index is 6.07. The number of fused-ring (bicyclic) bond motifs is 2. The summed E-state index contributed by atoms with van der Waals surface area (Å²) in [7, 11) is 0. The quantitative estimate of drug-likeness (QED) is 0.894. The summed E-state index contributed by atoms with van der Waals surface area (Å²) in [6.07, 6.45) is 8.50. The van der Waals surface area contributed by atoms with Gasteiger partial charge >= 0.3 is 0 Å². The molecule has 0 amide bonds. The minimum absolute atomic E-state index is 0.570. The third-order valence-electron chi connectivity index (χ3n) is 5.13. The van der Waals surface area contributed by atoms with Crippen molar-refractivity contribution in [2.24, 2.45) is 0 Å². The lowest BCUT2D eigenvalue weighted by Crippen LogP contribution is -2.48. The standard InChI is InChI=1S/C18H22ClN3/c19-13-4-5-16-17(6-8-20-18(16)11-13)21-14-7-10-22-9-2-1-3-15(22)12-14/h4-6,8,11,14-15H,1-3,7,9-10,12H2,(H,20,21)/t14-,15+/m0/s1. The number of anilines is 1. The van der Waals surface area contributed by atoms with Crippen molar-refractivity contribution in [1.82, 2.24) is 9.88 Å². The van der Waals surface area contributed by atoms with Crippen LogP contribution in [0.2, 0.25) is 5.02 Å². The minimum atomic E-state index is 0.570. The van der Waals surface area contributed by atoms with Crippen LogP contribution in [-0.4, -0.2) is 35.1 Å². The van der Waals surface area contributed by atoms with Crippen molar-refractivity contribution in [3.05, 3.63) is 35.5 Å². The van der Waals surface area contributed by atoms with Gasteiger partial charge in [0.25, 0.3) is 0 Å². The topological polar surface area (TPSA) is 28.2 Å². The Hall–Kier alpha value is -1.32. The molecule has 0 radical (unpaired) electrons. The molecule has 3 heterocycles. The van der Waals surface area contributed by atoms with Crippen molar-refractivity contribution in [2.75, 3.05) is 18.4 Å². The molecular weight excluding hydrogens is 294 g/mol. The smallest absolute Gasteiger partial charge is 0.0737 e. The summed E-state index contributed by atoms with van der Waals surface area (Å²) < 4.78 is 0. The second kappa shape index (κ2) is 6.05. The monoisotopic (exact) mass is 315 g/mol. The molecule has 22 heavy (non-hydrogen) atoms. The normalized spacial score (nSPS) is 25.9. The molecule has 0 aliphatic carbocycles. The second-order valence-corrected chi connectivity index (χ2v) is 7.01. The highest BCUT2D eigenvalue weighted by Crippen LogP contribution is 2.30. The average Bonchev–Trinajstić information content (AvgIpc) is 2.55. The maximum atomic E-state index is 6.07. The van der Waals surface area contributed by atoms with Gasteiger partial charge in [0, 0.05) is 40.9 Å². The van der Waals surface area contributed by atoms with E-state index in [9.17, 15) is 0 Å². The number of benzene rings is 1. The average molecular weight is 316 g/mol. The highest BCUT2D eigenvalue weighted by Gasteiger charge is 2.30. The highest BCUT2D eigenvalue weighted by molar-refractivity contribution is 6.31. The van der Waals surface area contributed by atoms with E-state index in [0.29, 0.717) is 6.04 Å². The van der Waals surface area contributed by atoms with Gasteiger partial charge in [-0.1, -0.05) is 18.0 Å². The summed E-state index contributed by atoms with van der Waals surface area (Å²) in [5, 5.41) is 5.67. The molecule has 0 bridgehead atoms. The first-order valence-electron chi connectivity index (χ1n) is 8.34. The molecule has 2 aliphatic heterocycles. The lowest BCUT2D eigenvalue weighted by atomic mass is 9.90. The minimum Gasteiger partial charge on any atom is -0.382 e. The van der Waals surface area contributed by atoms with Gasteiger partial charge in [0.1, 0.15) is 0 Å². The van der Waals surface area contributed by atoms with Gasteiger partial charge in [0.15, 0.2) is 0 Å². The fourth-order valence-electron chi connectivity index (χ4n) is 3.99. The van der Waals surface area contributed by atoms with E-state index >= 15 is 0 Å². The van der Waals surface area contributed by atoms with Crippen LogP contribution in [0.3, 0.4) is 0 Å². The number of rotatable bonds is 2. The van der Waals surface area contributed by atoms with Crippen molar-refractivity contribution in [2.45, 2.75) is 44.2 Å². The molecule has 116 valence electrons. The number of pyridine rings is 1. The predicted molar refractivity (Wildman–Crippen MR) is 92.6 cm³/mol. The number of hydrogen-bond donors (Lipinski definition) is 1. The summed E-state index contributed by atoms with van der Waals surface area (Å²) in [5.41, 5.74) is 2.16. The zero-order valence-electron chi connectivity index (χ0n) is 12.8. The molecule has 1 aromatic carbocycles. The number of halogens is 1. The molecule has 4 heteroatoms. The summed E-state index contributed by atoms with van der Waals surface area (Å²) in [4.78, 5) is 7.12. The van der Waals surface area contributed by atoms with E-state index in [1.165, 1.54) is 50.9 Å². The van der Waals surface area contributed by atoms with Gasteiger partial charge in [-0.3, -0.25) is 4.98 Å². The molecule has 0 saturated carbocycles. The van der Waals surface area contributed by atoms with E-state index in [2.05, 4.69) is 27.3 Å². The Balaban J connectivity index is 1.54. The van der Waals surface area contributed by atoms with Crippen LogP contribution in [0, 0.1) is 0 Å². The molecule has 0 unspecified atom stereocenters. The molecule has 2 saturated heterocycles. The molecule has 4 rings (SSSR count). The summed E-state index contributed by atoms with van der Waals surface area (Å²) in [6.45, 7) is 2.53. The molecule has 1 aromatic heterocycles. The Labute approximate surface area is 136 Å². The number of aromatic nitrogens is 1. The SMILES string of the molecule is Clc1ccc2c(N[C@H]3CCN4CCCC[C@@H]4C3)ccnc2c1. The van der Waals surface area contributed by atoms with Gasteiger partial charge in [-0.2, -0.15) is 0 Å². The van der Waals surface area contributed by atoms with Gasteiger partial charge < -0.3 is 10.2 Å². The van der Waals surface area contributed by atoms with Gasteiger partial charge in [-0.05, 0) is 56.5 Å². The molecule has 2 aliphatic rings. The van der Waals surface area contributed by atoms with Crippen LogP contribution in [-0.2, 0) is 0 Å². The van der Waals surface area contributed by atoms with Crippen LogP contribution >= 0.6 is 11.6 Å². The Morgan fingerprint density at radius 2 is 2.09 bits per heavy atom. The van der Waals surface area contributed by atoms with Crippen molar-refractivity contribution in [3.8, 4) is 0 Å². The van der Waals surface area contributed by atoms with E-state index < -0.39 is 0 Å². The summed E-state index contributed by atoms with van der Waals surface area (Å²) >= 11 is 6.07. The van der Waals surface area contributed by atoms with Crippen LogP contribution in [0.5, 0.6) is 0 Å². The molecular formula is C18H22ClN3. The van der Waals surface area contributed by atoms with Crippen LogP contribution in [0.4, 0.5) is 5.69 Å². The van der Waals surface area contributed by atoms with Crippen molar-refractivity contribution in [3.63, 3.8) is 0 Å². The Bertz CT molecular complexity index is 672. The third-order valence-corrected chi connectivity index (χ3v) is 5.37. The molecule has 2 aromatic rings. The Morgan fingerprint density at radius 1 is 1.14 bits per heavy atom. The lowest BCUT2D eigenvalue weighted by molar-refractivity contribution is 0.102. The fourth-order valence-corrected chi connectivity index (χ4v) is 4.15. The largest absolute Gasteiger partial charge is 0.382 e. The van der Waals surface area contributed by atoms with Gasteiger partial charge in [-0.25, -0.2) is 0 Å². The van der Waals surface area contributed by atoms with Crippen LogP contribution < -0.4 is 5.32 Å². The van der Waals surface area contributed by atoms with E-state index in [1.54, 1.807) is 0 Å². The molecule has 2 fully saturated rings. The van der Waals surface area contributed by atoms with Gasteiger partial charge in [0.2, 0.25) is 0 Å². The first-order chi connectivity index (χ1) is 10.8. The lowest BCUT2D eigenvalue weighted by Gasteiger charge is -2.42. The number of hydrogen-bond acceptors (Lipinski definition) is 3. The van der Waals surface area contributed by atoms with E-state index in [0.717, 1.165) is 22.0 Å². The molecule has 1 N–H and O–H groups in total. The summed E-state index contributed by atoms with van der Waals surface area (Å²) in [5.74, 6) is 0. The molecule has 3 nitrogen and oxygen atoms in total. The van der Waals surface area contributed by atoms with Crippen LogP contribution in [0.25, 0.3) is 10.9 Å². The zero-order valence-corrected chi connectivity index (χ0v) is 13.5. The summed E-state index contributed by atoms with van der Waals surface area (Å²) in [6, 6.07) is 9.39. The number of nitrogens with zero attached hydrogens (tertiary/aromatic N) is 2. The van der Waals surface area contributed by atoms with Crippen molar-refractivity contribution < 1.29 is 0 Å². The molecule has 2 atom stereocenters. The van der Waals surface area contributed by atoms with Crippen LogP contribution in [0.15, 0.2) is 30.5 Å². The first-order valence-corrected chi connectivity index (χ1v) is 8.72. The zero-order chi connectivity index (χ0) is 14.9. The number of piperidine rings is 2.